The third-order valence-electron chi connectivity index (χ3n) is 3.19. The van der Waals surface area contributed by atoms with Gasteiger partial charge in [-0.1, -0.05) is 5.16 Å². The van der Waals surface area contributed by atoms with Crippen molar-refractivity contribution in [3.05, 3.63) is 41.7 Å². The lowest BCUT2D eigenvalue weighted by atomic mass is 10.3. The summed E-state index contributed by atoms with van der Waals surface area (Å²) in [7, 11) is 2.03. The smallest absolute Gasteiger partial charge is 0.151 e. The van der Waals surface area contributed by atoms with E-state index in [4.69, 9.17) is 8.94 Å². The van der Waals surface area contributed by atoms with Crippen molar-refractivity contribution in [2.24, 2.45) is 0 Å². The van der Waals surface area contributed by atoms with Gasteiger partial charge in [0.15, 0.2) is 5.76 Å². The molecule has 0 spiro atoms. The summed E-state index contributed by atoms with van der Waals surface area (Å²) in [6.07, 6.45) is 4.27. The lowest BCUT2D eigenvalue weighted by Gasteiger charge is -2.12. The molecule has 2 aromatic rings. The summed E-state index contributed by atoms with van der Waals surface area (Å²) >= 11 is 0. The van der Waals surface area contributed by atoms with Gasteiger partial charge in [-0.05, 0) is 32.0 Å². The summed E-state index contributed by atoms with van der Waals surface area (Å²) < 4.78 is 10.7. The molecular formula is C14H19N3O2. The van der Waals surface area contributed by atoms with Crippen molar-refractivity contribution >= 4 is 0 Å². The van der Waals surface area contributed by atoms with E-state index < -0.39 is 0 Å². The maximum Gasteiger partial charge on any atom is 0.151 e. The summed E-state index contributed by atoms with van der Waals surface area (Å²) in [5.41, 5.74) is 0.980. The number of rotatable bonds is 7. The van der Waals surface area contributed by atoms with Crippen LogP contribution in [0.2, 0.25) is 0 Å². The largest absolute Gasteiger partial charge is 0.468 e. The highest BCUT2D eigenvalue weighted by Crippen LogP contribution is 2.19. The number of hydrogen-bond donors (Lipinski definition) is 1. The Bertz CT molecular complexity index is 503. The van der Waals surface area contributed by atoms with Crippen LogP contribution in [-0.2, 0) is 19.6 Å². The van der Waals surface area contributed by atoms with Crippen molar-refractivity contribution in [2.45, 2.75) is 38.5 Å². The Morgan fingerprint density at radius 1 is 1.37 bits per heavy atom. The second-order valence-corrected chi connectivity index (χ2v) is 5.19. The van der Waals surface area contributed by atoms with Crippen LogP contribution in [0.25, 0.3) is 0 Å². The molecule has 19 heavy (non-hydrogen) atoms. The maximum absolute atomic E-state index is 5.34. The van der Waals surface area contributed by atoms with Gasteiger partial charge in [0.05, 0.1) is 25.0 Å². The standard InChI is InChI=1S/C14H19N3O2/c1-17(9-13-3-2-6-18-13)10-14-7-12(16-19-14)8-15-11-4-5-11/h2-3,6-7,11,15H,4-5,8-10H2,1H3. The number of aromatic nitrogens is 1. The molecule has 1 N–H and O–H groups in total. The lowest BCUT2D eigenvalue weighted by Crippen LogP contribution is -2.16. The van der Waals surface area contributed by atoms with E-state index in [0.717, 1.165) is 36.8 Å². The molecule has 0 radical (unpaired) electrons. The van der Waals surface area contributed by atoms with Crippen LogP contribution in [0.3, 0.4) is 0 Å². The van der Waals surface area contributed by atoms with Crippen molar-refractivity contribution < 1.29 is 8.94 Å². The fourth-order valence-corrected chi connectivity index (χ4v) is 2.04. The molecule has 1 fully saturated rings. The zero-order valence-corrected chi connectivity index (χ0v) is 11.1. The number of hydrogen-bond acceptors (Lipinski definition) is 5. The molecule has 1 saturated carbocycles. The van der Waals surface area contributed by atoms with Crippen LogP contribution in [0.1, 0.15) is 30.1 Å². The second-order valence-electron chi connectivity index (χ2n) is 5.19. The average Bonchev–Trinajstić information content (AvgIpc) is 2.88. The Morgan fingerprint density at radius 2 is 2.21 bits per heavy atom. The van der Waals surface area contributed by atoms with E-state index in [9.17, 15) is 0 Å². The van der Waals surface area contributed by atoms with Gasteiger partial charge < -0.3 is 14.3 Å². The van der Waals surface area contributed by atoms with Gasteiger partial charge in [0.25, 0.3) is 0 Å². The molecule has 1 aliphatic carbocycles. The minimum atomic E-state index is 0.696. The molecule has 2 aromatic heterocycles. The molecule has 102 valence electrons. The fraction of sp³-hybridized carbons (Fsp3) is 0.500. The van der Waals surface area contributed by atoms with E-state index in [1.54, 1.807) is 6.26 Å². The Hall–Kier alpha value is -1.59. The van der Waals surface area contributed by atoms with E-state index in [1.807, 2.05) is 25.2 Å². The molecule has 0 aliphatic heterocycles. The summed E-state index contributed by atoms with van der Waals surface area (Å²) in [5.74, 6) is 1.85. The van der Waals surface area contributed by atoms with Gasteiger partial charge >= 0.3 is 0 Å². The molecule has 0 saturated heterocycles. The first-order valence-corrected chi connectivity index (χ1v) is 6.68. The molecule has 0 unspecified atom stereocenters. The van der Waals surface area contributed by atoms with Crippen molar-refractivity contribution in [1.82, 2.24) is 15.4 Å². The molecule has 5 nitrogen and oxygen atoms in total. The van der Waals surface area contributed by atoms with E-state index in [-0.39, 0.29) is 0 Å². The summed E-state index contributed by atoms with van der Waals surface area (Å²) in [6.45, 7) is 2.30. The van der Waals surface area contributed by atoms with Crippen molar-refractivity contribution in [2.75, 3.05) is 7.05 Å². The average molecular weight is 261 g/mol. The van der Waals surface area contributed by atoms with Crippen molar-refractivity contribution in [3.8, 4) is 0 Å². The van der Waals surface area contributed by atoms with Gasteiger partial charge in [0.1, 0.15) is 5.76 Å². The highest BCUT2D eigenvalue weighted by Gasteiger charge is 2.20. The number of nitrogens with zero attached hydrogens (tertiary/aromatic N) is 2. The van der Waals surface area contributed by atoms with Gasteiger partial charge in [-0.3, -0.25) is 4.90 Å². The van der Waals surface area contributed by atoms with Crippen LogP contribution in [0.15, 0.2) is 33.4 Å². The Kier molecular flexibility index (Phi) is 3.66. The maximum atomic E-state index is 5.34. The SMILES string of the molecule is CN(Cc1ccco1)Cc1cc(CNC2CC2)no1. The van der Waals surface area contributed by atoms with E-state index in [2.05, 4.69) is 15.4 Å². The molecule has 5 heteroatoms. The van der Waals surface area contributed by atoms with Crippen LogP contribution >= 0.6 is 0 Å². The first-order valence-electron chi connectivity index (χ1n) is 6.68. The monoisotopic (exact) mass is 261 g/mol. The Labute approximate surface area is 112 Å². The lowest BCUT2D eigenvalue weighted by molar-refractivity contribution is 0.248. The highest BCUT2D eigenvalue weighted by molar-refractivity contribution is 5.06. The van der Waals surface area contributed by atoms with Crippen LogP contribution < -0.4 is 5.32 Å². The fourth-order valence-electron chi connectivity index (χ4n) is 2.04. The minimum Gasteiger partial charge on any atom is -0.468 e. The van der Waals surface area contributed by atoms with Crippen LogP contribution in [0.4, 0.5) is 0 Å². The molecular weight excluding hydrogens is 242 g/mol. The predicted octanol–water partition coefficient (Wildman–Crippen LogP) is 2.15. The molecule has 2 heterocycles. The van der Waals surface area contributed by atoms with Gasteiger partial charge in [-0.15, -0.1) is 0 Å². The summed E-state index contributed by atoms with van der Waals surface area (Å²) in [6, 6.07) is 6.59. The second kappa shape index (κ2) is 5.59. The molecule has 1 aliphatic rings. The first kappa shape index (κ1) is 12.4. The molecule has 0 atom stereocenters. The Morgan fingerprint density at radius 3 is 2.95 bits per heavy atom. The van der Waals surface area contributed by atoms with E-state index in [0.29, 0.717) is 6.04 Å². The first-order chi connectivity index (χ1) is 9.29. The number of furan rings is 1. The van der Waals surface area contributed by atoms with Crippen LogP contribution in [0.5, 0.6) is 0 Å². The molecule has 0 aromatic carbocycles. The zero-order chi connectivity index (χ0) is 13.1. The highest BCUT2D eigenvalue weighted by atomic mass is 16.5. The third kappa shape index (κ3) is 3.68. The van der Waals surface area contributed by atoms with Crippen molar-refractivity contribution in [1.29, 1.82) is 0 Å². The topological polar surface area (TPSA) is 54.4 Å². The normalized spacial score (nSPS) is 15.3. The molecule has 3 rings (SSSR count). The molecule has 0 amide bonds. The van der Waals surface area contributed by atoms with Gasteiger partial charge in [0.2, 0.25) is 0 Å². The third-order valence-corrected chi connectivity index (χ3v) is 3.19. The van der Waals surface area contributed by atoms with E-state index in [1.165, 1.54) is 12.8 Å². The van der Waals surface area contributed by atoms with Gasteiger partial charge in [-0.25, -0.2) is 0 Å². The molecule has 0 bridgehead atoms. The summed E-state index contributed by atoms with van der Waals surface area (Å²) in [4.78, 5) is 2.14. The predicted molar refractivity (Wildman–Crippen MR) is 70.2 cm³/mol. The van der Waals surface area contributed by atoms with E-state index >= 15 is 0 Å². The number of nitrogens with one attached hydrogen (secondary N) is 1. The van der Waals surface area contributed by atoms with Crippen LogP contribution in [-0.4, -0.2) is 23.1 Å². The van der Waals surface area contributed by atoms with Gasteiger partial charge in [0, 0.05) is 18.7 Å². The quantitative estimate of drug-likeness (QED) is 0.827. The minimum absolute atomic E-state index is 0.696. The van der Waals surface area contributed by atoms with Crippen LogP contribution in [0, 0.1) is 0 Å². The van der Waals surface area contributed by atoms with Crippen molar-refractivity contribution in [3.63, 3.8) is 0 Å². The Balaban J connectivity index is 1.48. The summed E-state index contributed by atoms with van der Waals surface area (Å²) in [5, 5.41) is 7.50. The van der Waals surface area contributed by atoms with Gasteiger partial charge in [-0.2, -0.15) is 0 Å². The zero-order valence-electron chi connectivity index (χ0n) is 11.1.